The van der Waals surface area contributed by atoms with E-state index in [1.165, 1.54) is 0 Å². The first-order chi connectivity index (χ1) is 17.3. The molecular formula is C25H24N4O7. The number of amides is 2. The highest BCUT2D eigenvalue weighted by Gasteiger charge is 2.29. The second-order valence-corrected chi connectivity index (χ2v) is 8.20. The number of hydrogen-bond acceptors (Lipinski definition) is 6. The number of nitrogens with zero attached hydrogens (tertiary/aromatic N) is 2. The Morgan fingerprint density at radius 2 is 1.64 bits per heavy atom. The van der Waals surface area contributed by atoms with Gasteiger partial charge < -0.3 is 20.1 Å². The van der Waals surface area contributed by atoms with Crippen LogP contribution in [0.3, 0.4) is 0 Å². The molecule has 3 N–H and O–H groups in total. The van der Waals surface area contributed by atoms with Crippen LogP contribution in [0.1, 0.15) is 17.0 Å². The van der Waals surface area contributed by atoms with E-state index in [0.29, 0.717) is 0 Å². The number of fused-ring (bicyclic) bond motifs is 3. The number of hydrogen-bond donors (Lipinski definition) is 3. The van der Waals surface area contributed by atoms with Gasteiger partial charge in [-0.1, -0.05) is 48.5 Å². The molecule has 11 heteroatoms. The Bertz CT molecular complexity index is 1370. The van der Waals surface area contributed by atoms with Crippen molar-refractivity contribution in [3.05, 3.63) is 92.8 Å². The van der Waals surface area contributed by atoms with E-state index in [1.54, 1.807) is 0 Å². The standard InChI is InChI=1S/C25H24N4O7/c30-21-9-11-29(24(34)27-21)13-22(31)28(14-23(32)33)12-10-26-25(35)36-15-20-18-7-3-1-5-16(18)17-6-2-4-8-19(17)20/h1-9,11,20H,10,12-15H2,(H,26,35)(H,32,33)(H,27,30,34). The fourth-order valence-electron chi connectivity index (χ4n) is 4.21. The molecule has 0 radical (unpaired) electrons. The molecule has 186 valence electrons. The molecule has 4 rings (SSSR count). The van der Waals surface area contributed by atoms with Gasteiger partial charge in [0.2, 0.25) is 5.91 Å². The van der Waals surface area contributed by atoms with Gasteiger partial charge in [-0.3, -0.25) is 23.9 Å². The molecule has 0 saturated carbocycles. The Morgan fingerprint density at radius 1 is 1.00 bits per heavy atom. The van der Waals surface area contributed by atoms with Crippen LogP contribution in [0.15, 0.2) is 70.4 Å². The summed E-state index contributed by atoms with van der Waals surface area (Å²) in [6.45, 7) is -1.15. The number of alkyl carbamates (subject to hydrolysis) is 1. The van der Waals surface area contributed by atoms with Gasteiger partial charge >= 0.3 is 17.8 Å². The number of carboxylic acid groups (broad SMARTS) is 1. The Kier molecular flexibility index (Phi) is 7.28. The molecule has 0 bridgehead atoms. The number of carbonyl (C=O) groups is 3. The highest BCUT2D eigenvalue weighted by atomic mass is 16.5. The maximum atomic E-state index is 12.6. The quantitative estimate of drug-likeness (QED) is 0.403. The lowest BCUT2D eigenvalue weighted by Gasteiger charge is -2.21. The summed E-state index contributed by atoms with van der Waals surface area (Å²) in [6, 6.07) is 16.9. The van der Waals surface area contributed by atoms with Crippen LogP contribution in [-0.2, 0) is 20.9 Å². The van der Waals surface area contributed by atoms with Crippen molar-refractivity contribution in [3.63, 3.8) is 0 Å². The smallest absolute Gasteiger partial charge is 0.407 e. The van der Waals surface area contributed by atoms with Gasteiger partial charge in [0.1, 0.15) is 19.7 Å². The van der Waals surface area contributed by atoms with E-state index in [4.69, 9.17) is 9.84 Å². The third-order valence-electron chi connectivity index (χ3n) is 5.88. The number of carbonyl (C=O) groups excluding carboxylic acids is 2. The third-order valence-corrected chi connectivity index (χ3v) is 5.88. The van der Waals surface area contributed by atoms with Crippen LogP contribution in [0.2, 0.25) is 0 Å². The average molecular weight is 492 g/mol. The second kappa shape index (κ2) is 10.7. The number of rotatable bonds is 9. The van der Waals surface area contributed by atoms with Crippen molar-refractivity contribution in [1.29, 1.82) is 0 Å². The van der Waals surface area contributed by atoms with Gasteiger partial charge in [-0.05, 0) is 22.3 Å². The monoisotopic (exact) mass is 492 g/mol. The van der Waals surface area contributed by atoms with Gasteiger partial charge in [0, 0.05) is 31.3 Å². The topological polar surface area (TPSA) is 151 Å². The van der Waals surface area contributed by atoms with Crippen molar-refractivity contribution in [2.75, 3.05) is 26.2 Å². The number of H-pyrrole nitrogens is 1. The minimum Gasteiger partial charge on any atom is -0.480 e. The molecule has 0 fully saturated rings. The van der Waals surface area contributed by atoms with Gasteiger partial charge in [-0.25, -0.2) is 9.59 Å². The van der Waals surface area contributed by atoms with E-state index in [9.17, 15) is 24.0 Å². The van der Waals surface area contributed by atoms with E-state index in [2.05, 4.69) is 5.32 Å². The maximum Gasteiger partial charge on any atom is 0.407 e. The molecule has 1 aliphatic rings. The fourth-order valence-corrected chi connectivity index (χ4v) is 4.21. The van der Waals surface area contributed by atoms with Crippen molar-refractivity contribution < 1.29 is 24.2 Å². The van der Waals surface area contributed by atoms with Crippen LogP contribution in [0.5, 0.6) is 0 Å². The molecule has 11 nitrogen and oxygen atoms in total. The summed E-state index contributed by atoms with van der Waals surface area (Å²) < 4.78 is 6.39. The fraction of sp³-hybridized carbons (Fsp3) is 0.240. The van der Waals surface area contributed by atoms with E-state index >= 15 is 0 Å². The highest BCUT2D eigenvalue weighted by molar-refractivity contribution is 5.81. The number of aromatic amines is 1. The molecule has 1 aliphatic carbocycles. The van der Waals surface area contributed by atoms with Crippen molar-refractivity contribution in [1.82, 2.24) is 19.8 Å². The van der Waals surface area contributed by atoms with Gasteiger partial charge in [0.25, 0.3) is 5.56 Å². The molecule has 2 amide bonds. The molecule has 0 atom stereocenters. The molecule has 0 unspecified atom stereocenters. The molecule has 0 spiro atoms. The van der Waals surface area contributed by atoms with Crippen molar-refractivity contribution in [2.45, 2.75) is 12.5 Å². The average Bonchev–Trinajstić information content (AvgIpc) is 3.17. The minimum atomic E-state index is -1.25. The number of ether oxygens (including phenoxy) is 1. The SMILES string of the molecule is O=C(O)CN(CCNC(=O)OCC1c2ccccc2-c2ccccc21)C(=O)Cn1ccc(=O)[nH]c1=O. The Morgan fingerprint density at radius 3 is 2.25 bits per heavy atom. The third kappa shape index (κ3) is 5.52. The first-order valence-corrected chi connectivity index (χ1v) is 11.2. The zero-order valence-electron chi connectivity index (χ0n) is 19.2. The Balaban J connectivity index is 1.32. The molecule has 1 heterocycles. The molecule has 3 aromatic rings. The zero-order valence-corrected chi connectivity index (χ0v) is 19.2. The molecule has 2 aromatic carbocycles. The first kappa shape index (κ1) is 24.5. The van der Waals surface area contributed by atoms with Gasteiger partial charge in [0.05, 0.1) is 0 Å². The number of nitrogens with one attached hydrogen (secondary N) is 2. The summed E-state index contributed by atoms with van der Waals surface area (Å²) in [4.78, 5) is 62.1. The predicted octanol–water partition coefficient (Wildman–Crippen LogP) is 0.988. The number of aliphatic carboxylic acids is 1. The maximum absolute atomic E-state index is 12.6. The number of aromatic nitrogens is 2. The van der Waals surface area contributed by atoms with Crippen LogP contribution in [0.25, 0.3) is 11.1 Å². The van der Waals surface area contributed by atoms with Gasteiger partial charge in [-0.2, -0.15) is 0 Å². The van der Waals surface area contributed by atoms with E-state index in [-0.39, 0.29) is 25.6 Å². The van der Waals surface area contributed by atoms with E-state index in [0.717, 1.165) is 44.0 Å². The van der Waals surface area contributed by atoms with Crippen LogP contribution in [-0.4, -0.2) is 63.8 Å². The van der Waals surface area contributed by atoms with Gasteiger partial charge in [0.15, 0.2) is 0 Å². The lowest BCUT2D eigenvalue weighted by atomic mass is 9.98. The molecular weight excluding hydrogens is 468 g/mol. The minimum absolute atomic E-state index is 0.0593. The van der Waals surface area contributed by atoms with E-state index in [1.807, 2.05) is 53.5 Å². The zero-order chi connectivity index (χ0) is 25.7. The van der Waals surface area contributed by atoms with Crippen LogP contribution >= 0.6 is 0 Å². The van der Waals surface area contributed by atoms with Crippen molar-refractivity contribution >= 4 is 18.0 Å². The summed E-state index contributed by atoms with van der Waals surface area (Å²) in [6.07, 6.45) is 0.448. The number of carboxylic acids is 1. The summed E-state index contributed by atoms with van der Waals surface area (Å²) >= 11 is 0. The lowest BCUT2D eigenvalue weighted by Crippen LogP contribution is -2.44. The van der Waals surface area contributed by atoms with Crippen molar-refractivity contribution in [3.8, 4) is 11.1 Å². The Labute approximate surface area is 204 Å². The molecule has 0 aliphatic heterocycles. The second-order valence-electron chi connectivity index (χ2n) is 8.20. The number of benzene rings is 2. The van der Waals surface area contributed by atoms with Crippen LogP contribution < -0.4 is 16.6 Å². The summed E-state index contributed by atoms with van der Waals surface area (Å²) in [7, 11) is 0. The lowest BCUT2D eigenvalue weighted by molar-refractivity contribution is -0.144. The Hall–Kier alpha value is -4.67. The van der Waals surface area contributed by atoms with Crippen LogP contribution in [0.4, 0.5) is 4.79 Å². The first-order valence-electron chi connectivity index (χ1n) is 11.2. The molecule has 0 saturated heterocycles. The largest absolute Gasteiger partial charge is 0.480 e. The summed E-state index contributed by atoms with van der Waals surface area (Å²) in [5.41, 5.74) is 2.95. The normalized spacial score (nSPS) is 11.9. The van der Waals surface area contributed by atoms with Crippen LogP contribution in [0, 0.1) is 0 Å². The van der Waals surface area contributed by atoms with Gasteiger partial charge in [-0.15, -0.1) is 0 Å². The predicted molar refractivity (Wildman–Crippen MR) is 129 cm³/mol. The van der Waals surface area contributed by atoms with E-state index < -0.39 is 42.3 Å². The molecule has 1 aromatic heterocycles. The highest BCUT2D eigenvalue weighted by Crippen LogP contribution is 2.44. The summed E-state index contributed by atoms with van der Waals surface area (Å²) in [5, 5.41) is 11.7. The van der Waals surface area contributed by atoms with Crippen molar-refractivity contribution in [2.24, 2.45) is 0 Å². The molecule has 36 heavy (non-hydrogen) atoms. The summed E-state index contributed by atoms with van der Waals surface area (Å²) in [5.74, 6) is -2.02.